The number of hydrogen-bond acceptors (Lipinski definition) is 7. The predicted octanol–water partition coefficient (Wildman–Crippen LogP) is -1.80. The standard InChI is InChI=1S/C11H15N4O7PSe/c1-14-3-13-9-6(11(14)24)12-4-15(9)10-8(17)7(16)5(22-10)2-21-23(18,19)20/h3-5,7-8,10,16-17H,2H2,1H3,(H2,18,19,20)/t5-,7-,8-,10-/m1/s1. The molecule has 3 heterocycles. The molecule has 4 atom stereocenters. The van der Waals surface area contributed by atoms with Gasteiger partial charge in [-0.15, -0.1) is 0 Å². The number of fused-ring (bicyclic) bond motifs is 1. The molecule has 1 saturated heterocycles. The van der Waals surface area contributed by atoms with Crippen molar-refractivity contribution in [3.8, 4) is 0 Å². The second kappa shape index (κ2) is 6.41. The number of nitrogens with zero attached hydrogens (tertiary/aromatic N) is 4. The fraction of sp³-hybridized carbons (Fsp3) is 0.545. The molecule has 0 spiro atoms. The van der Waals surface area contributed by atoms with Gasteiger partial charge in [0.05, 0.1) is 0 Å². The number of imidazole rings is 1. The molecule has 4 N–H and O–H groups in total. The van der Waals surface area contributed by atoms with Crippen LogP contribution in [-0.4, -0.2) is 79.6 Å². The molecular weight excluding hydrogens is 410 g/mol. The molecule has 0 aromatic carbocycles. The molecule has 11 nitrogen and oxygen atoms in total. The van der Waals surface area contributed by atoms with E-state index in [1.54, 1.807) is 17.9 Å². The summed E-state index contributed by atoms with van der Waals surface area (Å²) >= 11 is 2.87. The minimum atomic E-state index is -4.71. The van der Waals surface area contributed by atoms with Gasteiger partial charge in [0.1, 0.15) is 0 Å². The van der Waals surface area contributed by atoms with Crippen LogP contribution in [0, 0.1) is 4.19 Å². The van der Waals surface area contributed by atoms with Crippen molar-refractivity contribution < 1.29 is 33.8 Å². The molecule has 24 heavy (non-hydrogen) atoms. The third-order valence-electron chi connectivity index (χ3n) is 3.66. The van der Waals surface area contributed by atoms with Crippen molar-refractivity contribution in [1.82, 2.24) is 19.1 Å². The van der Waals surface area contributed by atoms with Gasteiger partial charge in [-0.2, -0.15) is 0 Å². The fourth-order valence-corrected chi connectivity index (χ4v) is 3.19. The van der Waals surface area contributed by atoms with Gasteiger partial charge in [0.2, 0.25) is 0 Å². The van der Waals surface area contributed by atoms with Crippen molar-refractivity contribution in [2.45, 2.75) is 24.5 Å². The molecule has 0 radical (unpaired) electrons. The van der Waals surface area contributed by atoms with Gasteiger partial charge in [-0.05, 0) is 0 Å². The molecule has 0 unspecified atom stereocenters. The summed E-state index contributed by atoms with van der Waals surface area (Å²) in [5, 5.41) is 20.2. The Bertz CT molecular complexity index is 864. The molecule has 2 aromatic heterocycles. The van der Waals surface area contributed by atoms with Gasteiger partial charge in [0.15, 0.2) is 0 Å². The monoisotopic (exact) mass is 426 g/mol. The van der Waals surface area contributed by atoms with Gasteiger partial charge in [-0.25, -0.2) is 0 Å². The van der Waals surface area contributed by atoms with E-state index in [1.807, 2.05) is 0 Å². The topological polar surface area (TPSA) is 152 Å². The number of aryl methyl sites for hydroxylation is 1. The Balaban J connectivity index is 1.89. The van der Waals surface area contributed by atoms with Crippen molar-refractivity contribution in [2.24, 2.45) is 7.05 Å². The molecule has 3 rings (SSSR count). The van der Waals surface area contributed by atoms with Crippen molar-refractivity contribution in [3.05, 3.63) is 16.8 Å². The van der Waals surface area contributed by atoms with E-state index in [0.29, 0.717) is 11.2 Å². The van der Waals surface area contributed by atoms with Crippen LogP contribution in [0.5, 0.6) is 0 Å². The zero-order valence-corrected chi connectivity index (χ0v) is 14.9. The molecule has 0 saturated carbocycles. The van der Waals surface area contributed by atoms with Crippen LogP contribution in [0.25, 0.3) is 11.2 Å². The summed E-state index contributed by atoms with van der Waals surface area (Å²) in [6.45, 7) is -0.569. The van der Waals surface area contributed by atoms with Crippen molar-refractivity contribution >= 4 is 34.6 Å². The first-order valence-electron chi connectivity index (χ1n) is 6.79. The average Bonchev–Trinajstić information content (AvgIpc) is 3.04. The van der Waals surface area contributed by atoms with Gasteiger partial charge in [-0.3, -0.25) is 0 Å². The first kappa shape index (κ1) is 17.9. The van der Waals surface area contributed by atoms with Crippen LogP contribution in [-0.2, 0) is 20.9 Å². The van der Waals surface area contributed by atoms with Crippen LogP contribution >= 0.6 is 7.82 Å². The Morgan fingerprint density at radius 3 is 2.71 bits per heavy atom. The molecular formula is C11H15N4O7PSe. The van der Waals surface area contributed by atoms with E-state index in [4.69, 9.17) is 14.5 Å². The predicted molar refractivity (Wildman–Crippen MR) is 79.4 cm³/mol. The van der Waals surface area contributed by atoms with Gasteiger partial charge in [0, 0.05) is 0 Å². The number of aliphatic hydroxyl groups is 2. The number of rotatable bonds is 4. The normalized spacial score (nSPS) is 27.9. The van der Waals surface area contributed by atoms with Gasteiger partial charge >= 0.3 is 143 Å². The summed E-state index contributed by atoms with van der Waals surface area (Å²) < 4.78 is 24.5. The molecule has 2 aromatic rings. The molecule has 13 heteroatoms. The maximum absolute atomic E-state index is 10.8. The number of phosphoric ester groups is 1. The summed E-state index contributed by atoms with van der Waals surface area (Å²) in [5.74, 6) is 0. The first-order chi connectivity index (χ1) is 11.2. The number of hydrogen-bond donors (Lipinski definition) is 4. The fourth-order valence-electron chi connectivity index (χ4n) is 2.45. The molecule has 1 aliphatic heterocycles. The molecule has 0 amide bonds. The number of phosphoric acid groups is 1. The average molecular weight is 425 g/mol. The Kier molecular flexibility index (Phi) is 4.77. The third kappa shape index (κ3) is 3.25. The zero-order chi connectivity index (χ0) is 17.6. The molecule has 1 fully saturated rings. The Morgan fingerprint density at radius 2 is 2.04 bits per heavy atom. The Labute approximate surface area is 143 Å². The SMILES string of the molecule is Cn1cnc2c(ncn2[C@@H]2O[C@H](COP(=O)(O)O)[C@@H](O)[C@H]2O)c1=[Se]. The van der Waals surface area contributed by atoms with Gasteiger partial charge in [0.25, 0.3) is 0 Å². The second-order valence-electron chi connectivity index (χ2n) is 5.32. The van der Waals surface area contributed by atoms with Crippen LogP contribution in [0.3, 0.4) is 0 Å². The summed E-state index contributed by atoms with van der Waals surface area (Å²) in [4.78, 5) is 25.9. The van der Waals surface area contributed by atoms with Crippen molar-refractivity contribution in [1.29, 1.82) is 0 Å². The molecule has 132 valence electrons. The van der Waals surface area contributed by atoms with E-state index >= 15 is 0 Å². The van der Waals surface area contributed by atoms with Gasteiger partial charge < -0.3 is 0 Å². The van der Waals surface area contributed by atoms with Crippen LogP contribution in [0.1, 0.15) is 6.23 Å². The van der Waals surface area contributed by atoms with Crippen LogP contribution < -0.4 is 0 Å². The number of aromatic nitrogens is 4. The third-order valence-corrected chi connectivity index (χ3v) is 5.16. The molecule has 0 bridgehead atoms. The van der Waals surface area contributed by atoms with E-state index in [9.17, 15) is 14.8 Å². The quantitative estimate of drug-likeness (QED) is 0.328. The van der Waals surface area contributed by atoms with E-state index < -0.39 is 39.0 Å². The van der Waals surface area contributed by atoms with Crippen molar-refractivity contribution in [2.75, 3.05) is 6.61 Å². The number of ether oxygens (including phenoxy) is 1. The first-order valence-corrected chi connectivity index (χ1v) is 9.17. The van der Waals surface area contributed by atoms with Crippen LogP contribution in [0.2, 0.25) is 0 Å². The van der Waals surface area contributed by atoms with Crippen LogP contribution in [0.15, 0.2) is 12.7 Å². The summed E-state index contributed by atoms with van der Waals surface area (Å²) in [5.41, 5.74) is 0.981. The Hall–Kier alpha value is -0.941. The summed E-state index contributed by atoms with van der Waals surface area (Å²) in [6.07, 6.45) is -1.89. The van der Waals surface area contributed by atoms with E-state index in [0.717, 1.165) is 4.19 Å². The minimum absolute atomic E-state index is 0.426. The number of aliphatic hydroxyl groups excluding tert-OH is 2. The summed E-state index contributed by atoms with van der Waals surface area (Å²) in [6, 6.07) is 0. The summed E-state index contributed by atoms with van der Waals surface area (Å²) in [7, 11) is -2.92. The van der Waals surface area contributed by atoms with Crippen LogP contribution in [0.4, 0.5) is 0 Å². The molecule has 1 aliphatic rings. The van der Waals surface area contributed by atoms with Gasteiger partial charge in [-0.1, -0.05) is 0 Å². The zero-order valence-electron chi connectivity index (χ0n) is 12.3. The Morgan fingerprint density at radius 1 is 1.33 bits per heavy atom. The van der Waals surface area contributed by atoms with E-state index in [1.165, 1.54) is 10.9 Å². The van der Waals surface area contributed by atoms with Crippen molar-refractivity contribution in [3.63, 3.8) is 0 Å². The van der Waals surface area contributed by atoms with E-state index in [2.05, 4.69) is 30.1 Å². The second-order valence-corrected chi connectivity index (χ2v) is 7.37. The molecule has 0 aliphatic carbocycles. The maximum atomic E-state index is 10.8. The van der Waals surface area contributed by atoms with E-state index in [-0.39, 0.29) is 0 Å².